The first-order chi connectivity index (χ1) is 14.8. The molecular formula is C25H24N2O3. The molecule has 0 fully saturated rings. The van der Waals surface area contributed by atoms with Gasteiger partial charge in [0, 0.05) is 13.1 Å². The topological polar surface area (TPSA) is 58.6 Å². The van der Waals surface area contributed by atoms with E-state index in [2.05, 4.69) is 34.5 Å². The average molecular weight is 400 g/mol. The first kappa shape index (κ1) is 19.7. The molecule has 1 N–H and O–H groups in total. The number of nitrogens with zero attached hydrogens (tertiary/aromatic N) is 1. The number of carbonyl (C=O) groups is 1. The standard InChI is InChI=1S/C25H24N2O3/c28-25(26-16-22-12-7-15-29-22)24-14-13-23(30-24)19-27(17-20-8-3-1-4-9-20)18-21-10-5-2-6-11-21/h1-15H,16-19H2,(H,26,28). The molecule has 0 radical (unpaired) electrons. The molecule has 5 heteroatoms. The Morgan fingerprint density at radius 2 is 1.40 bits per heavy atom. The van der Waals surface area contributed by atoms with Crippen LogP contribution in [0.15, 0.2) is 100 Å². The summed E-state index contributed by atoms with van der Waals surface area (Å²) in [7, 11) is 0. The zero-order valence-corrected chi connectivity index (χ0v) is 16.7. The van der Waals surface area contributed by atoms with E-state index in [0.29, 0.717) is 24.6 Å². The number of amides is 1. The zero-order valence-electron chi connectivity index (χ0n) is 16.7. The zero-order chi connectivity index (χ0) is 20.6. The van der Waals surface area contributed by atoms with Crippen molar-refractivity contribution in [3.8, 4) is 0 Å². The van der Waals surface area contributed by atoms with E-state index in [1.165, 1.54) is 11.1 Å². The second-order valence-corrected chi connectivity index (χ2v) is 7.14. The predicted molar refractivity (Wildman–Crippen MR) is 114 cm³/mol. The van der Waals surface area contributed by atoms with Crippen LogP contribution in [0.1, 0.15) is 33.2 Å². The van der Waals surface area contributed by atoms with Crippen LogP contribution >= 0.6 is 0 Å². The quantitative estimate of drug-likeness (QED) is 0.429. The summed E-state index contributed by atoms with van der Waals surface area (Å²) in [5.74, 6) is 1.50. The Hall–Kier alpha value is -3.57. The van der Waals surface area contributed by atoms with Gasteiger partial charge in [0.15, 0.2) is 5.76 Å². The van der Waals surface area contributed by atoms with Crippen LogP contribution in [0.2, 0.25) is 0 Å². The van der Waals surface area contributed by atoms with Crippen molar-refractivity contribution >= 4 is 5.91 Å². The Morgan fingerprint density at radius 3 is 2.00 bits per heavy atom. The van der Waals surface area contributed by atoms with Crippen molar-refractivity contribution in [2.24, 2.45) is 0 Å². The van der Waals surface area contributed by atoms with Gasteiger partial charge in [0.1, 0.15) is 11.5 Å². The van der Waals surface area contributed by atoms with E-state index in [0.717, 1.165) is 18.8 Å². The Labute approximate surface area is 175 Å². The number of carbonyl (C=O) groups excluding carboxylic acids is 1. The number of benzene rings is 2. The highest BCUT2D eigenvalue weighted by atomic mass is 16.4. The lowest BCUT2D eigenvalue weighted by atomic mass is 10.1. The Kier molecular flexibility index (Phi) is 6.42. The molecule has 0 aliphatic rings. The lowest BCUT2D eigenvalue weighted by molar-refractivity contribution is 0.0915. The van der Waals surface area contributed by atoms with E-state index in [1.807, 2.05) is 48.5 Å². The molecule has 0 unspecified atom stereocenters. The minimum Gasteiger partial charge on any atom is -0.467 e. The van der Waals surface area contributed by atoms with E-state index in [4.69, 9.17) is 8.83 Å². The van der Waals surface area contributed by atoms with Crippen molar-refractivity contribution in [2.75, 3.05) is 0 Å². The fourth-order valence-corrected chi connectivity index (χ4v) is 3.32. The third-order valence-corrected chi connectivity index (χ3v) is 4.77. The van der Waals surface area contributed by atoms with Gasteiger partial charge in [-0.05, 0) is 35.4 Å². The molecule has 0 spiro atoms. The Bertz CT molecular complexity index is 999. The Morgan fingerprint density at radius 1 is 0.733 bits per heavy atom. The van der Waals surface area contributed by atoms with Gasteiger partial charge in [-0.3, -0.25) is 9.69 Å². The SMILES string of the molecule is O=C(NCc1ccco1)c1ccc(CN(Cc2ccccc2)Cc2ccccc2)o1. The summed E-state index contributed by atoms with van der Waals surface area (Å²) < 4.78 is 11.1. The van der Waals surface area contributed by atoms with Gasteiger partial charge in [-0.25, -0.2) is 0 Å². The highest BCUT2D eigenvalue weighted by Crippen LogP contribution is 2.16. The summed E-state index contributed by atoms with van der Waals surface area (Å²) >= 11 is 0. The molecule has 0 bridgehead atoms. The van der Waals surface area contributed by atoms with Gasteiger partial charge in [0.2, 0.25) is 0 Å². The minimum absolute atomic E-state index is 0.254. The van der Waals surface area contributed by atoms with E-state index < -0.39 is 0 Å². The molecule has 152 valence electrons. The van der Waals surface area contributed by atoms with Crippen molar-refractivity contribution < 1.29 is 13.6 Å². The maximum absolute atomic E-state index is 12.4. The number of hydrogen-bond acceptors (Lipinski definition) is 4. The molecule has 2 heterocycles. The fourth-order valence-electron chi connectivity index (χ4n) is 3.32. The second-order valence-electron chi connectivity index (χ2n) is 7.14. The molecule has 0 saturated carbocycles. The number of nitrogens with one attached hydrogen (secondary N) is 1. The third-order valence-electron chi connectivity index (χ3n) is 4.77. The lowest BCUT2D eigenvalue weighted by Crippen LogP contribution is -2.23. The molecule has 0 atom stereocenters. The summed E-state index contributed by atoms with van der Waals surface area (Å²) in [6.45, 7) is 2.51. The molecular weight excluding hydrogens is 376 g/mol. The van der Waals surface area contributed by atoms with Crippen LogP contribution in [-0.4, -0.2) is 10.8 Å². The summed E-state index contributed by atoms with van der Waals surface area (Å²) in [6.07, 6.45) is 1.58. The number of hydrogen-bond donors (Lipinski definition) is 1. The summed E-state index contributed by atoms with van der Waals surface area (Å²) in [5.41, 5.74) is 2.47. The van der Waals surface area contributed by atoms with E-state index >= 15 is 0 Å². The highest BCUT2D eigenvalue weighted by Gasteiger charge is 2.15. The van der Waals surface area contributed by atoms with Crippen LogP contribution in [0.3, 0.4) is 0 Å². The summed E-state index contributed by atoms with van der Waals surface area (Å²) in [6, 6.07) is 27.9. The van der Waals surface area contributed by atoms with Crippen molar-refractivity contribution in [1.82, 2.24) is 10.2 Å². The van der Waals surface area contributed by atoms with E-state index in [9.17, 15) is 4.79 Å². The largest absolute Gasteiger partial charge is 0.467 e. The third kappa shape index (κ3) is 5.49. The first-order valence-corrected chi connectivity index (χ1v) is 9.96. The van der Waals surface area contributed by atoms with Gasteiger partial charge in [-0.2, -0.15) is 0 Å². The monoisotopic (exact) mass is 400 g/mol. The summed E-state index contributed by atoms with van der Waals surface area (Å²) in [4.78, 5) is 14.7. The predicted octanol–water partition coefficient (Wildman–Crippen LogP) is 5.01. The van der Waals surface area contributed by atoms with Crippen LogP contribution in [0, 0.1) is 0 Å². The molecule has 0 aliphatic carbocycles. The Balaban J connectivity index is 1.42. The molecule has 5 nitrogen and oxygen atoms in total. The molecule has 2 aromatic heterocycles. The maximum atomic E-state index is 12.4. The molecule has 4 rings (SSSR count). The molecule has 0 aliphatic heterocycles. The maximum Gasteiger partial charge on any atom is 0.287 e. The van der Waals surface area contributed by atoms with Crippen LogP contribution < -0.4 is 5.32 Å². The van der Waals surface area contributed by atoms with Gasteiger partial charge < -0.3 is 14.2 Å². The smallest absolute Gasteiger partial charge is 0.287 e. The van der Waals surface area contributed by atoms with Gasteiger partial charge in [-0.1, -0.05) is 60.7 Å². The second kappa shape index (κ2) is 9.76. The molecule has 30 heavy (non-hydrogen) atoms. The van der Waals surface area contributed by atoms with Gasteiger partial charge in [0.25, 0.3) is 5.91 Å². The molecule has 2 aromatic carbocycles. The normalized spacial score (nSPS) is 11.0. The first-order valence-electron chi connectivity index (χ1n) is 9.96. The average Bonchev–Trinajstić information content (AvgIpc) is 3.46. The fraction of sp³-hybridized carbons (Fsp3) is 0.160. The number of furan rings is 2. The van der Waals surface area contributed by atoms with Crippen LogP contribution in [0.5, 0.6) is 0 Å². The van der Waals surface area contributed by atoms with Gasteiger partial charge in [0.05, 0.1) is 19.4 Å². The van der Waals surface area contributed by atoms with Crippen LogP contribution in [0.25, 0.3) is 0 Å². The minimum atomic E-state index is -0.254. The molecule has 0 saturated heterocycles. The van der Waals surface area contributed by atoms with Gasteiger partial charge >= 0.3 is 0 Å². The van der Waals surface area contributed by atoms with Crippen molar-refractivity contribution in [2.45, 2.75) is 26.2 Å². The van der Waals surface area contributed by atoms with Crippen molar-refractivity contribution in [3.63, 3.8) is 0 Å². The van der Waals surface area contributed by atoms with Crippen LogP contribution in [0.4, 0.5) is 0 Å². The molecule has 1 amide bonds. The van der Waals surface area contributed by atoms with E-state index in [1.54, 1.807) is 18.4 Å². The highest BCUT2D eigenvalue weighted by molar-refractivity contribution is 5.91. The molecule has 4 aromatic rings. The van der Waals surface area contributed by atoms with Crippen LogP contribution in [-0.2, 0) is 26.2 Å². The number of rotatable bonds is 9. The summed E-state index contributed by atoms with van der Waals surface area (Å²) in [5, 5.41) is 2.81. The lowest BCUT2D eigenvalue weighted by Gasteiger charge is -2.21. The van der Waals surface area contributed by atoms with Gasteiger partial charge in [-0.15, -0.1) is 0 Å². The van der Waals surface area contributed by atoms with E-state index in [-0.39, 0.29) is 5.91 Å². The van der Waals surface area contributed by atoms with Crippen molar-refractivity contribution in [3.05, 3.63) is 120 Å². The van der Waals surface area contributed by atoms with Crippen molar-refractivity contribution in [1.29, 1.82) is 0 Å².